The standard InChI is InChI=1S/C18H22N2O4/c1-4-23-15-9-6-14(7-10-15)18(22)19-11-17(21)20(3)12-16-8-5-13(2)24-16/h5-10H,4,11-12H2,1-3H3,(H,19,22). The first-order valence-corrected chi connectivity index (χ1v) is 7.80. The lowest BCUT2D eigenvalue weighted by Gasteiger charge is -2.16. The van der Waals surface area contributed by atoms with E-state index in [2.05, 4.69) is 5.32 Å². The molecule has 0 fully saturated rings. The molecule has 0 aliphatic rings. The van der Waals surface area contributed by atoms with E-state index in [1.165, 1.54) is 4.90 Å². The van der Waals surface area contributed by atoms with Gasteiger partial charge in [-0.2, -0.15) is 0 Å². The minimum absolute atomic E-state index is 0.0672. The van der Waals surface area contributed by atoms with Crippen molar-refractivity contribution < 1.29 is 18.7 Å². The molecule has 0 aliphatic carbocycles. The van der Waals surface area contributed by atoms with Gasteiger partial charge in [0.25, 0.3) is 5.91 Å². The van der Waals surface area contributed by atoms with Crippen LogP contribution in [0, 0.1) is 6.92 Å². The number of benzene rings is 1. The van der Waals surface area contributed by atoms with E-state index in [1.807, 2.05) is 26.0 Å². The maximum Gasteiger partial charge on any atom is 0.251 e. The lowest BCUT2D eigenvalue weighted by Crippen LogP contribution is -2.37. The normalized spacial score (nSPS) is 10.3. The van der Waals surface area contributed by atoms with Gasteiger partial charge in [-0.3, -0.25) is 9.59 Å². The zero-order valence-electron chi connectivity index (χ0n) is 14.2. The number of hydrogen-bond acceptors (Lipinski definition) is 4. The van der Waals surface area contributed by atoms with Crippen LogP contribution in [0.4, 0.5) is 0 Å². The van der Waals surface area contributed by atoms with E-state index in [1.54, 1.807) is 31.3 Å². The predicted molar refractivity (Wildman–Crippen MR) is 89.9 cm³/mol. The summed E-state index contributed by atoms with van der Waals surface area (Å²) >= 11 is 0. The summed E-state index contributed by atoms with van der Waals surface area (Å²) in [5.41, 5.74) is 0.482. The molecule has 1 aromatic heterocycles. The molecular formula is C18H22N2O4. The van der Waals surface area contributed by atoms with Crippen LogP contribution in [0.25, 0.3) is 0 Å². The summed E-state index contributed by atoms with van der Waals surface area (Å²) < 4.78 is 10.8. The molecule has 0 saturated carbocycles. The summed E-state index contributed by atoms with van der Waals surface area (Å²) in [4.78, 5) is 25.7. The molecular weight excluding hydrogens is 308 g/mol. The van der Waals surface area contributed by atoms with Gasteiger partial charge in [-0.05, 0) is 50.2 Å². The largest absolute Gasteiger partial charge is 0.494 e. The number of nitrogens with zero attached hydrogens (tertiary/aromatic N) is 1. The van der Waals surface area contributed by atoms with Gasteiger partial charge in [0.2, 0.25) is 5.91 Å². The Morgan fingerprint density at radius 1 is 1.17 bits per heavy atom. The Morgan fingerprint density at radius 3 is 2.46 bits per heavy atom. The first kappa shape index (κ1) is 17.6. The van der Waals surface area contributed by atoms with Crippen LogP contribution in [0.15, 0.2) is 40.8 Å². The van der Waals surface area contributed by atoms with Gasteiger partial charge in [0.15, 0.2) is 0 Å². The van der Waals surface area contributed by atoms with Crippen LogP contribution in [0.3, 0.4) is 0 Å². The van der Waals surface area contributed by atoms with E-state index in [0.29, 0.717) is 30.2 Å². The lowest BCUT2D eigenvalue weighted by atomic mass is 10.2. The van der Waals surface area contributed by atoms with Gasteiger partial charge in [-0.1, -0.05) is 0 Å². The minimum Gasteiger partial charge on any atom is -0.494 e. The summed E-state index contributed by atoms with van der Waals surface area (Å²) in [7, 11) is 1.67. The van der Waals surface area contributed by atoms with Gasteiger partial charge in [0, 0.05) is 12.6 Å². The van der Waals surface area contributed by atoms with E-state index in [4.69, 9.17) is 9.15 Å². The highest BCUT2D eigenvalue weighted by atomic mass is 16.5. The van der Waals surface area contributed by atoms with Gasteiger partial charge in [-0.15, -0.1) is 0 Å². The molecule has 6 heteroatoms. The Hall–Kier alpha value is -2.76. The van der Waals surface area contributed by atoms with Gasteiger partial charge < -0.3 is 19.4 Å². The van der Waals surface area contributed by atoms with Crippen molar-refractivity contribution in [1.82, 2.24) is 10.2 Å². The molecule has 0 aliphatic heterocycles. The molecule has 24 heavy (non-hydrogen) atoms. The number of hydrogen-bond donors (Lipinski definition) is 1. The Morgan fingerprint density at radius 2 is 1.88 bits per heavy atom. The zero-order chi connectivity index (χ0) is 17.5. The number of nitrogens with one attached hydrogen (secondary N) is 1. The van der Waals surface area contributed by atoms with E-state index in [-0.39, 0.29) is 18.4 Å². The van der Waals surface area contributed by atoms with Crippen molar-refractivity contribution in [3.8, 4) is 5.75 Å². The van der Waals surface area contributed by atoms with Gasteiger partial charge >= 0.3 is 0 Å². The number of rotatable bonds is 7. The Kier molecular flexibility index (Phi) is 6.01. The molecule has 0 unspecified atom stereocenters. The molecule has 0 radical (unpaired) electrons. The second-order valence-corrected chi connectivity index (χ2v) is 5.40. The average molecular weight is 330 g/mol. The molecule has 0 saturated heterocycles. The topological polar surface area (TPSA) is 71.8 Å². The molecule has 2 rings (SSSR count). The van der Waals surface area contributed by atoms with Gasteiger partial charge in [0.1, 0.15) is 17.3 Å². The van der Waals surface area contributed by atoms with E-state index in [0.717, 1.165) is 5.76 Å². The fourth-order valence-corrected chi connectivity index (χ4v) is 2.15. The maximum atomic E-state index is 12.1. The van der Waals surface area contributed by atoms with Crippen molar-refractivity contribution in [3.63, 3.8) is 0 Å². The monoisotopic (exact) mass is 330 g/mol. The Balaban J connectivity index is 1.82. The molecule has 0 bridgehead atoms. The Bertz CT molecular complexity index is 691. The second-order valence-electron chi connectivity index (χ2n) is 5.40. The number of likely N-dealkylation sites (N-methyl/N-ethyl adjacent to an activating group) is 1. The zero-order valence-corrected chi connectivity index (χ0v) is 14.2. The highest BCUT2D eigenvalue weighted by Crippen LogP contribution is 2.12. The van der Waals surface area contributed by atoms with Gasteiger partial charge in [0.05, 0.1) is 19.7 Å². The number of ether oxygens (including phenoxy) is 1. The second kappa shape index (κ2) is 8.19. The van der Waals surface area contributed by atoms with Crippen LogP contribution < -0.4 is 10.1 Å². The first-order chi connectivity index (χ1) is 11.5. The molecule has 2 amide bonds. The fraction of sp³-hybridized carbons (Fsp3) is 0.333. The van der Waals surface area contributed by atoms with Crippen molar-refractivity contribution in [1.29, 1.82) is 0 Å². The van der Waals surface area contributed by atoms with E-state index in [9.17, 15) is 9.59 Å². The quantitative estimate of drug-likeness (QED) is 0.846. The highest BCUT2D eigenvalue weighted by Gasteiger charge is 2.13. The summed E-state index contributed by atoms with van der Waals surface area (Å²) in [6.07, 6.45) is 0. The van der Waals surface area contributed by atoms with Crippen molar-refractivity contribution in [3.05, 3.63) is 53.5 Å². The number of amides is 2. The SMILES string of the molecule is CCOc1ccc(C(=O)NCC(=O)N(C)Cc2ccc(C)o2)cc1. The number of furan rings is 1. The average Bonchev–Trinajstić information content (AvgIpc) is 2.98. The van der Waals surface area contributed by atoms with Crippen molar-refractivity contribution in [2.75, 3.05) is 20.2 Å². The van der Waals surface area contributed by atoms with Crippen molar-refractivity contribution >= 4 is 11.8 Å². The molecule has 0 atom stereocenters. The van der Waals surface area contributed by atoms with E-state index < -0.39 is 0 Å². The van der Waals surface area contributed by atoms with Crippen LogP contribution in [-0.2, 0) is 11.3 Å². The van der Waals surface area contributed by atoms with Crippen molar-refractivity contribution in [2.24, 2.45) is 0 Å². The Labute approximate surface area is 141 Å². The highest BCUT2D eigenvalue weighted by molar-refractivity contribution is 5.96. The molecule has 0 spiro atoms. The summed E-state index contributed by atoms with van der Waals surface area (Å²) in [6, 6.07) is 10.5. The van der Waals surface area contributed by atoms with Crippen LogP contribution in [0.5, 0.6) is 5.75 Å². The molecule has 1 heterocycles. The predicted octanol–water partition coefficient (Wildman–Crippen LogP) is 2.38. The molecule has 1 N–H and O–H groups in total. The summed E-state index contributed by atoms with van der Waals surface area (Å²) in [6.45, 7) is 4.62. The fourth-order valence-electron chi connectivity index (χ4n) is 2.15. The third-order valence-electron chi connectivity index (χ3n) is 3.44. The minimum atomic E-state index is -0.298. The molecule has 128 valence electrons. The maximum absolute atomic E-state index is 12.1. The lowest BCUT2D eigenvalue weighted by molar-refractivity contribution is -0.129. The third-order valence-corrected chi connectivity index (χ3v) is 3.44. The van der Waals surface area contributed by atoms with E-state index >= 15 is 0 Å². The van der Waals surface area contributed by atoms with Crippen LogP contribution in [-0.4, -0.2) is 36.9 Å². The molecule has 1 aromatic carbocycles. The van der Waals surface area contributed by atoms with Crippen molar-refractivity contribution in [2.45, 2.75) is 20.4 Å². The number of aryl methyl sites for hydroxylation is 1. The van der Waals surface area contributed by atoms with Crippen LogP contribution in [0.2, 0.25) is 0 Å². The number of carbonyl (C=O) groups is 2. The third kappa shape index (κ3) is 4.87. The number of carbonyl (C=O) groups excluding carboxylic acids is 2. The smallest absolute Gasteiger partial charge is 0.251 e. The van der Waals surface area contributed by atoms with Crippen LogP contribution in [0.1, 0.15) is 28.8 Å². The first-order valence-electron chi connectivity index (χ1n) is 7.80. The molecule has 6 nitrogen and oxygen atoms in total. The molecule has 2 aromatic rings. The summed E-state index contributed by atoms with van der Waals surface area (Å²) in [5, 5.41) is 2.62. The van der Waals surface area contributed by atoms with Gasteiger partial charge in [-0.25, -0.2) is 0 Å². The van der Waals surface area contributed by atoms with Crippen LogP contribution >= 0.6 is 0 Å². The summed E-state index contributed by atoms with van der Waals surface area (Å²) in [5.74, 6) is 1.73.